The zero-order valence-electron chi connectivity index (χ0n) is 10.8. The van der Waals surface area contributed by atoms with Crippen molar-refractivity contribution in [3.63, 3.8) is 0 Å². The molecule has 1 aliphatic rings. The molecule has 2 atom stereocenters. The molecule has 0 bridgehead atoms. The fourth-order valence-electron chi connectivity index (χ4n) is 2.11. The molecule has 18 heavy (non-hydrogen) atoms. The first-order chi connectivity index (χ1) is 8.46. The molecule has 5 heteroatoms. The molecule has 98 valence electrons. The predicted molar refractivity (Wildman–Crippen MR) is 66.4 cm³/mol. The molecule has 1 aromatic rings. The van der Waals surface area contributed by atoms with Gasteiger partial charge in [0.2, 0.25) is 5.88 Å². The zero-order valence-corrected chi connectivity index (χ0v) is 10.8. The van der Waals surface area contributed by atoms with Crippen LogP contribution < -0.4 is 10.1 Å². The van der Waals surface area contributed by atoms with Gasteiger partial charge in [-0.3, -0.25) is 4.79 Å². The molecule has 1 saturated carbocycles. The first kappa shape index (κ1) is 12.8. The first-order valence-electron chi connectivity index (χ1n) is 5.94. The van der Waals surface area contributed by atoms with E-state index in [1.54, 1.807) is 18.3 Å². The lowest BCUT2D eigenvalue weighted by Crippen LogP contribution is -2.61. The van der Waals surface area contributed by atoms with E-state index in [1.165, 1.54) is 7.11 Å². The first-order valence-corrected chi connectivity index (χ1v) is 5.94. The summed E-state index contributed by atoms with van der Waals surface area (Å²) in [5, 5.41) is 12.6. The number of carbonyl (C=O) groups is 1. The van der Waals surface area contributed by atoms with E-state index in [-0.39, 0.29) is 23.5 Å². The molecule has 1 heterocycles. The van der Waals surface area contributed by atoms with Crippen LogP contribution >= 0.6 is 0 Å². The van der Waals surface area contributed by atoms with Crippen LogP contribution in [0.15, 0.2) is 18.3 Å². The molecular weight excluding hydrogens is 232 g/mol. The van der Waals surface area contributed by atoms with Crippen molar-refractivity contribution in [2.24, 2.45) is 5.41 Å². The number of pyridine rings is 1. The van der Waals surface area contributed by atoms with Gasteiger partial charge in [-0.25, -0.2) is 4.98 Å². The SMILES string of the molecule is COc1ncccc1C(=O)NC1CC(O)C1(C)C. The van der Waals surface area contributed by atoms with Crippen molar-refractivity contribution in [1.29, 1.82) is 0 Å². The third-order valence-electron chi connectivity index (χ3n) is 3.73. The van der Waals surface area contributed by atoms with E-state index in [9.17, 15) is 9.90 Å². The van der Waals surface area contributed by atoms with Crippen LogP contribution in [-0.2, 0) is 0 Å². The maximum atomic E-state index is 12.1. The van der Waals surface area contributed by atoms with E-state index < -0.39 is 0 Å². The highest BCUT2D eigenvalue weighted by molar-refractivity contribution is 5.96. The summed E-state index contributed by atoms with van der Waals surface area (Å²) >= 11 is 0. The Morgan fingerprint density at radius 1 is 1.61 bits per heavy atom. The Balaban J connectivity index is 2.09. The molecule has 5 nitrogen and oxygen atoms in total. The van der Waals surface area contributed by atoms with Gasteiger partial charge in [0.1, 0.15) is 5.56 Å². The van der Waals surface area contributed by atoms with E-state index in [4.69, 9.17) is 4.74 Å². The lowest BCUT2D eigenvalue weighted by Gasteiger charge is -2.49. The number of carbonyl (C=O) groups excluding carboxylic acids is 1. The summed E-state index contributed by atoms with van der Waals surface area (Å²) in [6.45, 7) is 3.87. The van der Waals surface area contributed by atoms with Crippen molar-refractivity contribution >= 4 is 5.91 Å². The highest BCUT2D eigenvalue weighted by atomic mass is 16.5. The molecule has 0 spiro atoms. The maximum absolute atomic E-state index is 12.1. The fraction of sp³-hybridized carbons (Fsp3) is 0.538. The minimum absolute atomic E-state index is 0.0232. The Kier molecular flexibility index (Phi) is 3.26. The van der Waals surface area contributed by atoms with E-state index in [2.05, 4.69) is 10.3 Å². The molecule has 0 aromatic carbocycles. The summed E-state index contributed by atoms with van der Waals surface area (Å²) in [4.78, 5) is 16.1. The summed E-state index contributed by atoms with van der Waals surface area (Å²) in [7, 11) is 1.48. The van der Waals surface area contributed by atoms with E-state index in [0.29, 0.717) is 17.9 Å². The van der Waals surface area contributed by atoms with E-state index >= 15 is 0 Å². The molecule has 2 rings (SSSR count). The summed E-state index contributed by atoms with van der Waals surface area (Å²) in [5.41, 5.74) is 0.127. The van der Waals surface area contributed by atoms with Crippen LogP contribution in [0.3, 0.4) is 0 Å². The van der Waals surface area contributed by atoms with Crippen molar-refractivity contribution in [1.82, 2.24) is 10.3 Å². The van der Waals surface area contributed by atoms with E-state index in [0.717, 1.165) is 0 Å². The second-order valence-electron chi connectivity index (χ2n) is 5.16. The number of nitrogens with one attached hydrogen (secondary N) is 1. The number of methoxy groups -OCH3 is 1. The van der Waals surface area contributed by atoms with Crippen LogP contribution in [0.4, 0.5) is 0 Å². The molecule has 1 fully saturated rings. The fourth-order valence-corrected chi connectivity index (χ4v) is 2.11. The van der Waals surface area contributed by atoms with Crippen molar-refractivity contribution in [3.05, 3.63) is 23.9 Å². The van der Waals surface area contributed by atoms with Crippen LogP contribution in [0.25, 0.3) is 0 Å². The van der Waals surface area contributed by atoms with Crippen molar-refractivity contribution in [2.75, 3.05) is 7.11 Å². The lowest BCUT2D eigenvalue weighted by atomic mass is 9.64. The second-order valence-corrected chi connectivity index (χ2v) is 5.16. The standard InChI is InChI=1S/C13H18N2O3/c1-13(2)9(7-10(13)16)15-11(17)8-5-4-6-14-12(8)18-3/h4-6,9-10,16H,7H2,1-3H3,(H,15,17). The zero-order chi connectivity index (χ0) is 13.3. The number of ether oxygens (including phenoxy) is 1. The largest absolute Gasteiger partial charge is 0.480 e. The predicted octanol–water partition coefficient (Wildman–Crippen LogP) is 0.979. The number of aliphatic hydroxyl groups is 1. The van der Waals surface area contributed by atoms with Gasteiger partial charge in [-0.15, -0.1) is 0 Å². The van der Waals surface area contributed by atoms with Gasteiger partial charge >= 0.3 is 0 Å². The van der Waals surface area contributed by atoms with Gasteiger partial charge in [-0.1, -0.05) is 13.8 Å². The summed E-state index contributed by atoms with van der Waals surface area (Å²) in [6, 6.07) is 3.34. The van der Waals surface area contributed by atoms with Gasteiger partial charge in [-0.2, -0.15) is 0 Å². The Morgan fingerprint density at radius 3 is 2.89 bits per heavy atom. The molecule has 1 aliphatic carbocycles. The van der Waals surface area contributed by atoms with Crippen LogP contribution in [0.5, 0.6) is 5.88 Å². The minimum atomic E-state index is -0.362. The number of rotatable bonds is 3. The van der Waals surface area contributed by atoms with Gasteiger partial charge < -0.3 is 15.2 Å². The lowest BCUT2D eigenvalue weighted by molar-refractivity contribution is -0.0689. The number of hydrogen-bond donors (Lipinski definition) is 2. The molecular formula is C13H18N2O3. The highest BCUT2D eigenvalue weighted by Crippen LogP contribution is 2.40. The Morgan fingerprint density at radius 2 is 2.33 bits per heavy atom. The number of nitrogens with zero attached hydrogens (tertiary/aromatic N) is 1. The normalized spacial score (nSPS) is 25.1. The molecule has 2 unspecified atom stereocenters. The smallest absolute Gasteiger partial charge is 0.257 e. The second kappa shape index (κ2) is 4.57. The van der Waals surface area contributed by atoms with Crippen LogP contribution in [-0.4, -0.2) is 35.3 Å². The Bertz CT molecular complexity index is 459. The minimum Gasteiger partial charge on any atom is -0.480 e. The summed E-state index contributed by atoms with van der Waals surface area (Å²) in [5.74, 6) is 0.0950. The van der Waals surface area contributed by atoms with Crippen LogP contribution in [0.1, 0.15) is 30.6 Å². The third-order valence-corrected chi connectivity index (χ3v) is 3.73. The number of amides is 1. The Labute approximate surface area is 106 Å². The molecule has 1 amide bonds. The number of hydrogen-bond acceptors (Lipinski definition) is 4. The quantitative estimate of drug-likeness (QED) is 0.839. The summed E-state index contributed by atoms with van der Waals surface area (Å²) < 4.78 is 5.05. The topological polar surface area (TPSA) is 71.5 Å². The average molecular weight is 250 g/mol. The van der Waals surface area contributed by atoms with Crippen molar-refractivity contribution < 1.29 is 14.6 Å². The highest BCUT2D eigenvalue weighted by Gasteiger charge is 2.48. The molecule has 2 N–H and O–H groups in total. The van der Waals surface area contributed by atoms with Gasteiger partial charge in [0, 0.05) is 17.7 Å². The third kappa shape index (κ3) is 2.06. The van der Waals surface area contributed by atoms with Gasteiger partial charge in [0.25, 0.3) is 5.91 Å². The van der Waals surface area contributed by atoms with Crippen molar-refractivity contribution in [3.8, 4) is 5.88 Å². The van der Waals surface area contributed by atoms with Gasteiger partial charge in [0.05, 0.1) is 13.2 Å². The molecule has 0 saturated heterocycles. The van der Waals surface area contributed by atoms with Crippen LogP contribution in [0, 0.1) is 5.41 Å². The van der Waals surface area contributed by atoms with Gasteiger partial charge in [0.15, 0.2) is 0 Å². The number of aliphatic hydroxyl groups excluding tert-OH is 1. The average Bonchev–Trinajstić information content (AvgIpc) is 2.38. The summed E-state index contributed by atoms with van der Waals surface area (Å²) in [6.07, 6.45) is 1.80. The van der Waals surface area contributed by atoms with Gasteiger partial charge in [-0.05, 0) is 18.6 Å². The monoisotopic (exact) mass is 250 g/mol. The maximum Gasteiger partial charge on any atom is 0.257 e. The Hall–Kier alpha value is -1.62. The molecule has 0 aliphatic heterocycles. The number of aromatic nitrogens is 1. The van der Waals surface area contributed by atoms with E-state index in [1.807, 2.05) is 13.8 Å². The molecule has 0 radical (unpaired) electrons. The van der Waals surface area contributed by atoms with Crippen LogP contribution in [0.2, 0.25) is 0 Å². The molecule has 1 aromatic heterocycles. The van der Waals surface area contributed by atoms with Crippen molar-refractivity contribution in [2.45, 2.75) is 32.4 Å².